The van der Waals surface area contributed by atoms with Crippen molar-refractivity contribution in [2.24, 2.45) is 0 Å². The van der Waals surface area contributed by atoms with Gasteiger partial charge < -0.3 is 14.8 Å². The van der Waals surface area contributed by atoms with E-state index in [2.05, 4.69) is 5.32 Å². The molecule has 2 aromatic rings. The highest BCUT2D eigenvalue weighted by Gasteiger charge is 2.19. The minimum atomic E-state index is -0.824. The lowest BCUT2D eigenvalue weighted by atomic mass is 10.2. The van der Waals surface area contributed by atoms with E-state index in [4.69, 9.17) is 21.1 Å². The van der Waals surface area contributed by atoms with Crippen LogP contribution in [0.5, 0.6) is 11.5 Å². The first-order valence-electron chi connectivity index (χ1n) is 6.96. The zero-order valence-corrected chi connectivity index (χ0v) is 13.7. The van der Waals surface area contributed by atoms with E-state index in [-0.39, 0.29) is 11.4 Å². The fourth-order valence-electron chi connectivity index (χ4n) is 1.91. The number of non-ortho nitro benzene ring substituents is 1. The highest BCUT2D eigenvalue weighted by Crippen LogP contribution is 2.29. The topological polar surface area (TPSA) is 90.7 Å². The molecule has 0 saturated heterocycles. The van der Waals surface area contributed by atoms with E-state index in [0.717, 1.165) is 0 Å². The lowest BCUT2D eigenvalue weighted by Crippen LogP contribution is -2.30. The fourth-order valence-corrected chi connectivity index (χ4v) is 2.04. The number of methoxy groups -OCH3 is 1. The number of nitrogens with one attached hydrogen (secondary N) is 1. The van der Waals surface area contributed by atoms with Gasteiger partial charge in [-0.1, -0.05) is 11.6 Å². The zero-order valence-electron chi connectivity index (χ0n) is 13.0. The average Bonchev–Trinajstić information content (AvgIpc) is 2.56. The Balaban J connectivity index is 2.11. The van der Waals surface area contributed by atoms with Crippen LogP contribution in [0.4, 0.5) is 11.4 Å². The number of benzene rings is 2. The smallest absolute Gasteiger partial charge is 0.271 e. The van der Waals surface area contributed by atoms with Crippen molar-refractivity contribution in [3.05, 3.63) is 57.6 Å². The van der Waals surface area contributed by atoms with E-state index in [0.29, 0.717) is 16.5 Å². The Hall–Kier alpha value is -2.80. The van der Waals surface area contributed by atoms with Crippen molar-refractivity contribution in [3.63, 3.8) is 0 Å². The third kappa shape index (κ3) is 4.36. The number of anilines is 1. The molecule has 1 amide bonds. The molecule has 0 unspecified atom stereocenters. The molecule has 0 fully saturated rings. The summed E-state index contributed by atoms with van der Waals surface area (Å²) >= 11 is 5.79. The predicted molar refractivity (Wildman–Crippen MR) is 89.8 cm³/mol. The van der Waals surface area contributed by atoms with Crippen molar-refractivity contribution in [3.8, 4) is 11.5 Å². The van der Waals surface area contributed by atoms with Gasteiger partial charge in [-0.25, -0.2) is 0 Å². The number of hydrogen-bond acceptors (Lipinski definition) is 5. The Morgan fingerprint density at radius 3 is 2.50 bits per heavy atom. The SMILES string of the molecule is COc1ccc([N+](=O)[O-])cc1NC(=O)[C@H](C)Oc1ccc(Cl)cc1. The van der Waals surface area contributed by atoms with Gasteiger partial charge in [0, 0.05) is 17.2 Å². The van der Waals surface area contributed by atoms with E-state index in [1.54, 1.807) is 31.2 Å². The molecule has 0 aliphatic heterocycles. The lowest BCUT2D eigenvalue weighted by molar-refractivity contribution is -0.384. The molecular formula is C16H15ClN2O5. The number of rotatable bonds is 6. The van der Waals surface area contributed by atoms with Gasteiger partial charge in [0.05, 0.1) is 17.7 Å². The number of halogens is 1. The van der Waals surface area contributed by atoms with Crippen LogP contribution in [-0.2, 0) is 4.79 Å². The molecule has 2 aromatic carbocycles. The largest absolute Gasteiger partial charge is 0.495 e. The average molecular weight is 351 g/mol. The summed E-state index contributed by atoms with van der Waals surface area (Å²) in [4.78, 5) is 22.6. The van der Waals surface area contributed by atoms with E-state index in [1.807, 2.05) is 0 Å². The van der Waals surface area contributed by atoms with Gasteiger partial charge >= 0.3 is 0 Å². The number of nitrogens with zero attached hydrogens (tertiary/aromatic N) is 1. The molecule has 0 heterocycles. The molecule has 8 heteroatoms. The zero-order chi connectivity index (χ0) is 17.7. The van der Waals surface area contributed by atoms with E-state index >= 15 is 0 Å². The maximum Gasteiger partial charge on any atom is 0.271 e. The third-order valence-electron chi connectivity index (χ3n) is 3.15. The molecule has 0 saturated carbocycles. The summed E-state index contributed by atoms with van der Waals surface area (Å²) in [6, 6.07) is 10.5. The van der Waals surface area contributed by atoms with Crippen LogP contribution in [-0.4, -0.2) is 24.0 Å². The number of ether oxygens (including phenoxy) is 2. The van der Waals surface area contributed by atoms with E-state index < -0.39 is 16.9 Å². The molecule has 0 bridgehead atoms. The first-order valence-corrected chi connectivity index (χ1v) is 7.34. The van der Waals surface area contributed by atoms with Gasteiger partial charge in [0.25, 0.3) is 11.6 Å². The van der Waals surface area contributed by atoms with Crippen LogP contribution in [0.1, 0.15) is 6.92 Å². The lowest BCUT2D eigenvalue weighted by Gasteiger charge is -2.16. The van der Waals surface area contributed by atoms with Crippen LogP contribution in [0.25, 0.3) is 0 Å². The van der Waals surface area contributed by atoms with Gasteiger partial charge in [-0.2, -0.15) is 0 Å². The van der Waals surface area contributed by atoms with Crippen molar-refractivity contribution in [2.45, 2.75) is 13.0 Å². The summed E-state index contributed by atoms with van der Waals surface area (Å²) in [5, 5.41) is 14.0. The van der Waals surface area contributed by atoms with Gasteiger partial charge in [0.15, 0.2) is 6.10 Å². The summed E-state index contributed by atoms with van der Waals surface area (Å²) in [6.07, 6.45) is -0.824. The second-order valence-corrected chi connectivity index (χ2v) is 5.28. The third-order valence-corrected chi connectivity index (χ3v) is 3.40. The maximum absolute atomic E-state index is 12.2. The van der Waals surface area contributed by atoms with Crippen molar-refractivity contribution in [1.82, 2.24) is 0 Å². The van der Waals surface area contributed by atoms with Crippen LogP contribution >= 0.6 is 11.6 Å². The Morgan fingerprint density at radius 1 is 1.25 bits per heavy atom. The van der Waals surface area contributed by atoms with Gasteiger partial charge in [-0.05, 0) is 37.3 Å². The van der Waals surface area contributed by atoms with Crippen molar-refractivity contribution in [2.75, 3.05) is 12.4 Å². The molecular weight excluding hydrogens is 336 g/mol. The highest BCUT2D eigenvalue weighted by atomic mass is 35.5. The highest BCUT2D eigenvalue weighted by molar-refractivity contribution is 6.30. The normalized spacial score (nSPS) is 11.5. The Bertz CT molecular complexity index is 749. The van der Waals surface area contributed by atoms with Crippen LogP contribution in [0.3, 0.4) is 0 Å². The van der Waals surface area contributed by atoms with Crippen molar-refractivity contribution < 1.29 is 19.2 Å². The molecule has 1 atom stereocenters. The van der Waals surface area contributed by atoms with Gasteiger partial charge in [0.1, 0.15) is 11.5 Å². The number of nitro benzene ring substituents is 1. The van der Waals surface area contributed by atoms with Gasteiger partial charge in [-0.15, -0.1) is 0 Å². The van der Waals surface area contributed by atoms with Crippen molar-refractivity contribution in [1.29, 1.82) is 0 Å². The first-order chi connectivity index (χ1) is 11.4. The number of amides is 1. The maximum atomic E-state index is 12.2. The molecule has 7 nitrogen and oxygen atoms in total. The summed E-state index contributed by atoms with van der Waals surface area (Å²) in [6.45, 7) is 1.56. The summed E-state index contributed by atoms with van der Waals surface area (Å²) < 4.78 is 10.6. The molecule has 126 valence electrons. The summed E-state index contributed by atoms with van der Waals surface area (Å²) in [5.74, 6) is 0.324. The van der Waals surface area contributed by atoms with Crippen LogP contribution in [0.15, 0.2) is 42.5 Å². The van der Waals surface area contributed by atoms with E-state index in [9.17, 15) is 14.9 Å². The second kappa shape index (κ2) is 7.65. The molecule has 0 aliphatic carbocycles. The molecule has 2 rings (SSSR count). The van der Waals surface area contributed by atoms with Crippen LogP contribution < -0.4 is 14.8 Å². The Labute approximate surface area is 143 Å². The van der Waals surface area contributed by atoms with Crippen LogP contribution in [0.2, 0.25) is 5.02 Å². The number of nitro groups is 1. The standard InChI is InChI=1S/C16H15ClN2O5/c1-10(24-13-6-3-11(17)4-7-13)16(20)18-14-9-12(19(21)22)5-8-15(14)23-2/h3-10H,1-2H3,(H,18,20)/t10-/m0/s1. The Kier molecular flexibility index (Phi) is 5.59. The number of carbonyl (C=O) groups is 1. The molecule has 0 aromatic heterocycles. The molecule has 1 N–H and O–H groups in total. The van der Waals surface area contributed by atoms with Crippen molar-refractivity contribution >= 4 is 28.9 Å². The molecule has 0 aliphatic rings. The minimum absolute atomic E-state index is 0.155. The summed E-state index contributed by atoms with van der Waals surface area (Å²) in [7, 11) is 1.41. The van der Waals surface area contributed by atoms with Gasteiger partial charge in [0.2, 0.25) is 0 Å². The second-order valence-electron chi connectivity index (χ2n) is 4.84. The Morgan fingerprint density at radius 2 is 1.92 bits per heavy atom. The minimum Gasteiger partial charge on any atom is -0.495 e. The number of carbonyl (C=O) groups excluding carboxylic acids is 1. The monoisotopic (exact) mass is 350 g/mol. The first kappa shape index (κ1) is 17.6. The predicted octanol–water partition coefficient (Wildman–Crippen LogP) is 3.66. The van der Waals surface area contributed by atoms with E-state index in [1.165, 1.54) is 25.3 Å². The molecule has 0 radical (unpaired) electrons. The number of hydrogen-bond donors (Lipinski definition) is 1. The fraction of sp³-hybridized carbons (Fsp3) is 0.188. The molecule has 0 spiro atoms. The molecule has 24 heavy (non-hydrogen) atoms. The van der Waals surface area contributed by atoms with Crippen LogP contribution in [0, 0.1) is 10.1 Å². The summed E-state index contributed by atoms with van der Waals surface area (Å²) in [5.41, 5.74) is 0.0422. The van der Waals surface area contributed by atoms with Gasteiger partial charge in [-0.3, -0.25) is 14.9 Å². The quantitative estimate of drug-likeness (QED) is 0.634.